The number of rotatable bonds is 6. The molecule has 6 nitrogen and oxygen atoms in total. The van der Waals surface area contributed by atoms with Crippen LogP contribution in [-0.4, -0.2) is 39.7 Å². The molecule has 0 atom stereocenters. The van der Waals surface area contributed by atoms with Gasteiger partial charge < -0.3 is 10.1 Å². The molecule has 2 amide bonds. The monoisotopic (exact) mass is 413 g/mol. The molecular weight excluding hydrogens is 394 g/mol. The number of hydrazone groups is 1. The Morgan fingerprint density at radius 1 is 1.25 bits per heavy atom. The van der Waals surface area contributed by atoms with Gasteiger partial charge in [0.1, 0.15) is 5.75 Å². The highest BCUT2D eigenvalue weighted by atomic mass is 32.2. The van der Waals surface area contributed by atoms with Crippen LogP contribution in [0.4, 0.5) is 5.69 Å². The van der Waals surface area contributed by atoms with Gasteiger partial charge in [0.05, 0.1) is 12.0 Å². The number of ether oxygens (including phenoxy) is 1. The first kappa shape index (κ1) is 20.0. The summed E-state index contributed by atoms with van der Waals surface area (Å²) in [5.41, 5.74) is 3.83. The van der Waals surface area contributed by atoms with Gasteiger partial charge >= 0.3 is 0 Å². The summed E-state index contributed by atoms with van der Waals surface area (Å²) in [6.07, 6.45) is 1.56. The van der Waals surface area contributed by atoms with Gasteiger partial charge in [-0.15, -0.1) is 0 Å². The Balaban J connectivity index is 1.51. The van der Waals surface area contributed by atoms with Gasteiger partial charge in [0.2, 0.25) is 0 Å². The summed E-state index contributed by atoms with van der Waals surface area (Å²) in [5.74, 6) is 0.539. The smallest absolute Gasteiger partial charge is 0.262 e. The Hall–Kier alpha value is -2.71. The van der Waals surface area contributed by atoms with E-state index in [0.717, 1.165) is 16.8 Å². The van der Waals surface area contributed by atoms with E-state index in [0.29, 0.717) is 15.8 Å². The molecule has 0 spiro atoms. The van der Waals surface area contributed by atoms with Gasteiger partial charge in [0.25, 0.3) is 11.8 Å². The molecule has 3 rings (SSSR count). The molecule has 2 aromatic rings. The first-order chi connectivity index (χ1) is 13.4. The second-order valence-electron chi connectivity index (χ2n) is 6.21. The van der Waals surface area contributed by atoms with Crippen molar-refractivity contribution in [2.45, 2.75) is 13.8 Å². The van der Waals surface area contributed by atoms with Crippen molar-refractivity contribution in [2.24, 2.45) is 5.10 Å². The third kappa shape index (κ3) is 5.17. The number of anilines is 1. The maximum absolute atomic E-state index is 12.1. The Morgan fingerprint density at radius 2 is 2.00 bits per heavy atom. The highest BCUT2D eigenvalue weighted by molar-refractivity contribution is 8.23. The Bertz CT molecular complexity index is 926. The molecule has 1 saturated heterocycles. The molecule has 0 aromatic heterocycles. The number of thioether (sulfide) groups is 1. The van der Waals surface area contributed by atoms with Crippen LogP contribution in [-0.2, 0) is 9.59 Å². The largest absolute Gasteiger partial charge is 0.484 e. The van der Waals surface area contributed by atoms with Crippen molar-refractivity contribution < 1.29 is 14.3 Å². The van der Waals surface area contributed by atoms with Gasteiger partial charge in [-0.05, 0) is 66.9 Å². The average molecular weight is 414 g/mol. The van der Waals surface area contributed by atoms with E-state index in [1.807, 2.05) is 32.0 Å². The van der Waals surface area contributed by atoms with Crippen LogP contribution in [0.1, 0.15) is 16.7 Å². The Labute approximate surface area is 172 Å². The molecule has 2 aromatic carbocycles. The molecule has 1 heterocycles. The second-order valence-corrected chi connectivity index (χ2v) is 7.82. The van der Waals surface area contributed by atoms with E-state index >= 15 is 0 Å². The van der Waals surface area contributed by atoms with Crippen LogP contribution in [0.25, 0.3) is 0 Å². The third-order valence-electron chi connectivity index (χ3n) is 4.09. The van der Waals surface area contributed by atoms with E-state index in [1.54, 1.807) is 30.5 Å². The molecule has 0 saturated carbocycles. The summed E-state index contributed by atoms with van der Waals surface area (Å²) in [7, 11) is 0. The van der Waals surface area contributed by atoms with Crippen LogP contribution in [0.5, 0.6) is 5.75 Å². The number of nitrogens with one attached hydrogen (secondary N) is 1. The molecule has 1 aliphatic rings. The number of aryl methyl sites for hydroxylation is 2. The van der Waals surface area contributed by atoms with Gasteiger partial charge in [-0.25, -0.2) is 0 Å². The first-order valence-electron chi connectivity index (χ1n) is 8.56. The van der Waals surface area contributed by atoms with E-state index in [1.165, 1.54) is 22.3 Å². The lowest BCUT2D eigenvalue weighted by atomic mass is 10.1. The molecule has 1 N–H and O–H groups in total. The number of benzene rings is 2. The van der Waals surface area contributed by atoms with Crippen molar-refractivity contribution in [3.05, 3.63) is 59.2 Å². The summed E-state index contributed by atoms with van der Waals surface area (Å²) in [5, 5.41) is 8.15. The van der Waals surface area contributed by atoms with Crippen LogP contribution in [0, 0.1) is 13.8 Å². The van der Waals surface area contributed by atoms with E-state index in [-0.39, 0.29) is 18.4 Å². The third-order valence-corrected chi connectivity index (χ3v) is 5.43. The van der Waals surface area contributed by atoms with Crippen molar-refractivity contribution in [2.75, 3.05) is 17.7 Å². The van der Waals surface area contributed by atoms with Gasteiger partial charge in [0, 0.05) is 5.69 Å². The van der Waals surface area contributed by atoms with Gasteiger partial charge in [-0.3, -0.25) is 9.59 Å². The lowest BCUT2D eigenvalue weighted by Gasteiger charge is -2.09. The highest BCUT2D eigenvalue weighted by Crippen LogP contribution is 2.19. The lowest BCUT2D eigenvalue weighted by molar-refractivity contribution is -0.124. The molecule has 1 fully saturated rings. The molecular formula is C20H19N3O3S2. The number of amides is 2. The van der Waals surface area contributed by atoms with Crippen LogP contribution in [0.15, 0.2) is 47.6 Å². The topological polar surface area (TPSA) is 71.0 Å². The van der Waals surface area contributed by atoms with Crippen LogP contribution in [0.3, 0.4) is 0 Å². The number of hydrogen-bond donors (Lipinski definition) is 1. The molecule has 28 heavy (non-hydrogen) atoms. The Morgan fingerprint density at radius 3 is 2.64 bits per heavy atom. The SMILES string of the molecule is Cc1ccc(NC(=O)COc2ccc(/C=N\N3C(=O)CSC3=S)cc2)cc1C. The maximum atomic E-state index is 12.1. The zero-order chi connectivity index (χ0) is 20.1. The number of carbonyl (C=O) groups excluding carboxylic acids is 2. The molecule has 1 aliphatic heterocycles. The minimum absolute atomic E-state index is 0.0892. The summed E-state index contributed by atoms with van der Waals surface area (Å²) >= 11 is 6.37. The second kappa shape index (κ2) is 8.99. The summed E-state index contributed by atoms with van der Waals surface area (Å²) in [4.78, 5) is 23.7. The summed E-state index contributed by atoms with van der Waals surface area (Å²) in [6.45, 7) is 3.93. The summed E-state index contributed by atoms with van der Waals surface area (Å²) in [6, 6.07) is 12.8. The number of thiocarbonyl (C=S) groups is 1. The fraction of sp³-hybridized carbons (Fsp3) is 0.200. The normalized spacial score (nSPS) is 14.0. The number of hydrogen-bond acceptors (Lipinski definition) is 6. The summed E-state index contributed by atoms with van der Waals surface area (Å²) < 4.78 is 5.97. The fourth-order valence-corrected chi connectivity index (χ4v) is 3.36. The zero-order valence-electron chi connectivity index (χ0n) is 15.5. The van der Waals surface area contributed by atoms with Crippen molar-refractivity contribution in [1.29, 1.82) is 0 Å². The zero-order valence-corrected chi connectivity index (χ0v) is 17.1. The van der Waals surface area contributed by atoms with E-state index in [2.05, 4.69) is 10.4 Å². The maximum Gasteiger partial charge on any atom is 0.262 e. The molecule has 0 unspecified atom stereocenters. The van der Waals surface area contributed by atoms with Crippen molar-refractivity contribution in [3.8, 4) is 5.75 Å². The fourth-order valence-electron chi connectivity index (χ4n) is 2.40. The highest BCUT2D eigenvalue weighted by Gasteiger charge is 2.25. The number of nitrogens with zero attached hydrogens (tertiary/aromatic N) is 2. The molecule has 144 valence electrons. The minimum Gasteiger partial charge on any atom is -0.484 e. The van der Waals surface area contributed by atoms with Gasteiger partial charge in [-0.2, -0.15) is 10.1 Å². The van der Waals surface area contributed by atoms with Crippen LogP contribution >= 0.6 is 24.0 Å². The minimum atomic E-state index is -0.229. The van der Waals surface area contributed by atoms with E-state index in [9.17, 15) is 9.59 Å². The quantitative estimate of drug-likeness (QED) is 0.580. The number of carbonyl (C=O) groups is 2. The first-order valence-corrected chi connectivity index (χ1v) is 9.95. The molecule has 0 aliphatic carbocycles. The molecule has 8 heteroatoms. The van der Waals surface area contributed by atoms with Gasteiger partial charge in [0.15, 0.2) is 10.9 Å². The standard InChI is InChI=1S/C20H19N3O3S2/c1-13-3-6-16(9-14(13)2)22-18(24)11-26-17-7-4-15(5-8-17)10-21-23-19(25)12-28-20(23)27/h3-10H,11-12H2,1-2H3,(H,22,24)/b21-10-. The van der Waals surface area contributed by atoms with Crippen molar-refractivity contribution in [1.82, 2.24) is 5.01 Å². The lowest BCUT2D eigenvalue weighted by Crippen LogP contribution is -2.22. The van der Waals surface area contributed by atoms with Crippen LogP contribution in [0.2, 0.25) is 0 Å². The van der Waals surface area contributed by atoms with Gasteiger partial charge in [-0.1, -0.05) is 30.0 Å². The van der Waals surface area contributed by atoms with Crippen molar-refractivity contribution in [3.63, 3.8) is 0 Å². The molecule has 0 bridgehead atoms. The predicted molar refractivity (Wildman–Crippen MR) is 116 cm³/mol. The average Bonchev–Trinajstić information content (AvgIpc) is 3.00. The van der Waals surface area contributed by atoms with E-state index < -0.39 is 0 Å². The Kier molecular flexibility index (Phi) is 6.43. The van der Waals surface area contributed by atoms with Crippen molar-refractivity contribution >= 4 is 52.0 Å². The van der Waals surface area contributed by atoms with Crippen LogP contribution < -0.4 is 10.1 Å². The van der Waals surface area contributed by atoms with E-state index in [4.69, 9.17) is 17.0 Å². The molecule has 0 radical (unpaired) electrons. The predicted octanol–water partition coefficient (Wildman–Crippen LogP) is 3.52.